The van der Waals surface area contributed by atoms with Gasteiger partial charge in [-0.1, -0.05) is 20.8 Å². The monoisotopic (exact) mass is 294 g/mol. The van der Waals surface area contributed by atoms with E-state index in [1.807, 2.05) is 17.8 Å². The van der Waals surface area contributed by atoms with E-state index in [1.54, 1.807) is 6.20 Å². The summed E-state index contributed by atoms with van der Waals surface area (Å²) >= 11 is 0. The van der Waals surface area contributed by atoms with Gasteiger partial charge in [0.05, 0.1) is 0 Å². The van der Waals surface area contributed by atoms with Gasteiger partial charge in [-0.25, -0.2) is 4.98 Å². The highest BCUT2D eigenvalue weighted by molar-refractivity contribution is 5.75. The van der Waals surface area contributed by atoms with Gasteiger partial charge >= 0.3 is 0 Å². The second-order valence-corrected chi connectivity index (χ2v) is 6.73. The molecule has 1 aromatic heterocycles. The van der Waals surface area contributed by atoms with Crippen molar-refractivity contribution < 1.29 is 4.79 Å². The fourth-order valence-corrected chi connectivity index (χ4v) is 2.56. The molecule has 0 aromatic carbocycles. The third kappa shape index (κ3) is 6.29. The highest BCUT2D eigenvalue weighted by Gasteiger charge is 2.24. The van der Waals surface area contributed by atoms with Crippen LogP contribution in [-0.2, 0) is 18.3 Å². The fourth-order valence-electron chi connectivity index (χ4n) is 2.56. The molecule has 120 valence electrons. The van der Waals surface area contributed by atoms with E-state index in [-0.39, 0.29) is 11.3 Å². The van der Waals surface area contributed by atoms with Gasteiger partial charge in [0.2, 0.25) is 5.91 Å². The Morgan fingerprint density at radius 1 is 1.43 bits per heavy atom. The number of carbonyl (C=O) groups is 1. The van der Waals surface area contributed by atoms with Crippen LogP contribution in [0, 0.1) is 11.3 Å². The molecule has 0 saturated heterocycles. The minimum absolute atomic E-state index is 0.121. The summed E-state index contributed by atoms with van der Waals surface area (Å²) in [6, 6.07) is 0. The lowest BCUT2D eigenvalue weighted by atomic mass is 9.76. The molecule has 3 N–H and O–H groups in total. The highest BCUT2D eigenvalue weighted by atomic mass is 16.1. The van der Waals surface area contributed by atoms with Crippen molar-refractivity contribution in [3.63, 3.8) is 0 Å². The number of imidazole rings is 1. The van der Waals surface area contributed by atoms with E-state index in [1.165, 1.54) is 0 Å². The summed E-state index contributed by atoms with van der Waals surface area (Å²) in [5, 5.41) is 2.97. The number of amides is 1. The molecule has 0 spiro atoms. The zero-order valence-electron chi connectivity index (χ0n) is 13.9. The Morgan fingerprint density at radius 3 is 2.67 bits per heavy atom. The van der Waals surface area contributed by atoms with Crippen molar-refractivity contribution in [3.8, 4) is 0 Å². The summed E-state index contributed by atoms with van der Waals surface area (Å²) in [6.45, 7) is 7.97. The minimum atomic E-state index is 0.121. The molecule has 5 heteroatoms. The number of nitrogens with one attached hydrogen (secondary N) is 1. The molecule has 1 heterocycles. The fraction of sp³-hybridized carbons (Fsp3) is 0.750. The van der Waals surface area contributed by atoms with Crippen molar-refractivity contribution in [1.29, 1.82) is 0 Å². The van der Waals surface area contributed by atoms with Gasteiger partial charge in [-0.2, -0.15) is 0 Å². The molecule has 0 aliphatic carbocycles. The number of hydrogen-bond donors (Lipinski definition) is 2. The van der Waals surface area contributed by atoms with Crippen molar-refractivity contribution in [3.05, 3.63) is 18.2 Å². The number of nitrogens with zero attached hydrogens (tertiary/aromatic N) is 2. The first kappa shape index (κ1) is 17.7. The summed E-state index contributed by atoms with van der Waals surface area (Å²) in [4.78, 5) is 16.2. The van der Waals surface area contributed by atoms with Gasteiger partial charge in [0.1, 0.15) is 5.82 Å². The van der Waals surface area contributed by atoms with E-state index < -0.39 is 0 Å². The van der Waals surface area contributed by atoms with Crippen LogP contribution < -0.4 is 11.1 Å². The largest absolute Gasteiger partial charge is 0.356 e. The van der Waals surface area contributed by atoms with Crippen LogP contribution in [0.15, 0.2) is 12.4 Å². The maximum Gasteiger partial charge on any atom is 0.220 e. The van der Waals surface area contributed by atoms with Crippen molar-refractivity contribution in [2.45, 2.75) is 46.5 Å². The first-order valence-electron chi connectivity index (χ1n) is 7.77. The van der Waals surface area contributed by atoms with Crippen LogP contribution in [0.25, 0.3) is 0 Å². The van der Waals surface area contributed by atoms with Crippen LogP contribution in [0.2, 0.25) is 0 Å². The maximum atomic E-state index is 11.9. The van der Waals surface area contributed by atoms with Crippen LogP contribution in [0.3, 0.4) is 0 Å². The number of aryl methyl sites for hydroxylation is 1. The molecule has 5 nitrogen and oxygen atoms in total. The molecule has 21 heavy (non-hydrogen) atoms. The number of carbonyl (C=O) groups excluding carboxylic acids is 1. The maximum absolute atomic E-state index is 11.9. The van der Waals surface area contributed by atoms with Gasteiger partial charge in [0.25, 0.3) is 0 Å². The highest BCUT2D eigenvalue weighted by Crippen LogP contribution is 2.31. The third-order valence-corrected chi connectivity index (χ3v) is 4.05. The minimum Gasteiger partial charge on any atom is -0.356 e. The first-order chi connectivity index (χ1) is 9.84. The lowest BCUT2D eigenvalue weighted by molar-refractivity contribution is -0.121. The topological polar surface area (TPSA) is 72.9 Å². The van der Waals surface area contributed by atoms with E-state index in [9.17, 15) is 4.79 Å². The van der Waals surface area contributed by atoms with E-state index >= 15 is 0 Å². The van der Waals surface area contributed by atoms with Gasteiger partial charge < -0.3 is 15.6 Å². The van der Waals surface area contributed by atoms with Crippen LogP contribution >= 0.6 is 0 Å². The van der Waals surface area contributed by atoms with Crippen LogP contribution in [-0.4, -0.2) is 28.5 Å². The van der Waals surface area contributed by atoms with E-state index in [0.29, 0.717) is 25.4 Å². The van der Waals surface area contributed by atoms with Gasteiger partial charge in [0, 0.05) is 38.8 Å². The van der Waals surface area contributed by atoms with Crippen LogP contribution in [0.1, 0.15) is 45.9 Å². The number of nitrogens with two attached hydrogens (primary N) is 1. The number of rotatable bonds is 8. The number of hydrogen-bond acceptors (Lipinski definition) is 3. The molecule has 1 rings (SSSR count). The molecular formula is C16H30N4O. The molecule has 0 bridgehead atoms. The lowest BCUT2D eigenvalue weighted by Crippen LogP contribution is -2.29. The molecule has 0 saturated carbocycles. The van der Waals surface area contributed by atoms with Crippen LogP contribution in [0.4, 0.5) is 0 Å². The van der Waals surface area contributed by atoms with Gasteiger partial charge in [-0.05, 0) is 30.7 Å². The van der Waals surface area contributed by atoms with Crippen molar-refractivity contribution in [2.24, 2.45) is 24.1 Å². The van der Waals surface area contributed by atoms with Crippen molar-refractivity contribution in [1.82, 2.24) is 14.9 Å². The summed E-state index contributed by atoms with van der Waals surface area (Å²) in [6.07, 6.45) is 6.90. The molecule has 1 amide bonds. The summed E-state index contributed by atoms with van der Waals surface area (Å²) in [5.41, 5.74) is 5.87. The smallest absolute Gasteiger partial charge is 0.220 e. The first-order valence-corrected chi connectivity index (χ1v) is 7.77. The Hall–Kier alpha value is -1.36. The molecular weight excluding hydrogens is 264 g/mol. The Kier molecular flexibility index (Phi) is 6.89. The molecule has 1 aromatic rings. The van der Waals surface area contributed by atoms with E-state index in [4.69, 9.17) is 5.73 Å². The second-order valence-electron chi connectivity index (χ2n) is 6.73. The van der Waals surface area contributed by atoms with E-state index in [2.05, 4.69) is 31.1 Å². The Labute approximate surface area is 128 Å². The Balaban J connectivity index is 2.28. The summed E-state index contributed by atoms with van der Waals surface area (Å²) in [7, 11) is 1.96. The van der Waals surface area contributed by atoms with Gasteiger partial charge in [0.15, 0.2) is 0 Å². The average Bonchev–Trinajstić information content (AvgIpc) is 2.79. The molecule has 0 radical (unpaired) electrons. The average molecular weight is 294 g/mol. The predicted octanol–water partition coefficient (Wildman–Crippen LogP) is 1.87. The Bertz CT molecular complexity index is 434. The zero-order valence-corrected chi connectivity index (χ0v) is 13.9. The van der Waals surface area contributed by atoms with Gasteiger partial charge in [-0.15, -0.1) is 0 Å². The zero-order chi connectivity index (χ0) is 15.9. The molecule has 1 atom stereocenters. The summed E-state index contributed by atoms with van der Waals surface area (Å²) < 4.78 is 1.98. The quantitative estimate of drug-likeness (QED) is 0.769. The van der Waals surface area contributed by atoms with Crippen molar-refractivity contribution in [2.75, 3.05) is 13.1 Å². The molecule has 1 unspecified atom stereocenters. The SMILES string of the molecule is Cn1ccnc1CCNC(=O)CCC(CCN)C(C)(C)C. The molecule has 0 aliphatic heterocycles. The normalized spacial score (nSPS) is 13.2. The Morgan fingerprint density at radius 2 is 2.14 bits per heavy atom. The van der Waals surface area contributed by atoms with Crippen LogP contribution in [0.5, 0.6) is 0 Å². The molecule has 0 fully saturated rings. The predicted molar refractivity (Wildman–Crippen MR) is 85.8 cm³/mol. The standard InChI is InChI=1S/C16H30N4O/c1-16(2,3)13(7-9-17)5-6-15(21)19-10-8-14-18-11-12-20(14)4/h11-13H,5-10,17H2,1-4H3,(H,19,21). The van der Waals surface area contributed by atoms with Gasteiger partial charge in [-0.3, -0.25) is 4.79 Å². The second kappa shape index (κ2) is 8.17. The lowest BCUT2D eigenvalue weighted by Gasteiger charge is -2.30. The molecule has 0 aliphatic rings. The summed E-state index contributed by atoms with van der Waals surface area (Å²) in [5.74, 6) is 1.60. The third-order valence-electron chi connectivity index (χ3n) is 4.05. The van der Waals surface area contributed by atoms with E-state index in [0.717, 1.165) is 25.1 Å². The number of aromatic nitrogens is 2. The van der Waals surface area contributed by atoms with Crippen molar-refractivity contribution >= 4 is 5.91 Å².